The number of methoxy groups -OCH3 is 1. The zero-order chi connectivity index (χ0) is 23.3. The molecule has 0 unspecified atom stereocenters. The quantitative estimate of drug-likeness (QED) is 0.537. The number of anilines is 1. The topological polar surface area (TPSA) is 107 Å². The van der Waals surface area contributed by atoms with E-state index in [-0.39, 0.29) is 17.3 Å². The summed E-state index contributed by atoms with van der Waals surface area (Å²) in [5, 5.41) is 2.70. The van der Waals surface area contributed by atoms with Crippen molar-refractivity contribution >= 4 is 21.6 Å². The lowest BCUT2D eigenvalue weighted by Crippen LogP contribution is -2.40. The van der Waals surface area contributed by atoms with Crippen LogP contribution in [0.1, 0.15) is 16.3 Å². The summed E-state index contributed by atoms with van der Waals surface area (Å²) in [6.45, 7) is 1.53. The van der Waals surface area contributed by atoms with Crippen molar-refractivity contribution in [3.63, 3.8) is 0 Å². The molecule has 2 aromatic carbocycles. The smallest absolute Gasteiger partial charge is 0.291 e. The van der Waals surface area contributed by atoms with Crippen LogP contribution in [-0.2, 0) is 21.4 Å². The first kappa shape index (κ1) is 22.8. The van der Waals surface area contributed by atoms with Crippen molar-refractivity contribution < 1.29 is 31.8 Å². The molecule has 1 fully saturated rings. The molecule has 0 bridgehead atoms. The summed E-state index contributed by atoms with van der Waals surface area (Å²) in [7, 11) is -2.03. The van der Waals surface area contributed by atoms with Crippen LogP contribution >= 0.6 is 0 Å². The first-order valence-electron chi connectivity index (χ1n) is 10.3. The molecule has 0 aliphatic carbocycles. The maximum absolute atomic E-state index is 12.7. The Morgan fingerprint density at radius 2 is 1.70 bits per heavy atom. The van der Waals surface area contributed by atoms with Crippen LogP contribution in [0.2, 0.25) is 0 Å². The molecule has 9 nitrogen and oxygen atoms in total. The summed E-state index contributed by atoms with van der Waals surface area (Å²) >= 11 is 0. The van der Waals surface area contributed by atoms with Crippen molar-refractivity contribution in [3.8, 4) is 11.5 Å². The molecule has 1 aliphatic heterocycles. The highest BCUT2D eigenvalue weighted by Crippen LogP contribution is 2.27. The first-order valence-corrected chi connectivity index (χ1v) is 11.8. The predicted octanol–water partition coefficient (Wildman–Crippen LogP) is 3.14. The van der Waals surface area contributed by atoms with Crippen LogP contribution in [0.4, 0.5) is 5.69 Å². The number of furan rings is 1. The molecule has 1 aromatic heterocycles. The highest BCUT2D eigenvalue weighted by molar-refractivity contribution is 7.89. The van der Waals surface area contributed by atoms with E-state index in [4.69, 9.17) is 18.6 Å². The second-order valence-electron chi connectivity index (χ2n) is 7.20. The van der Waals surface area contributed by atoms with Crippen LogP contribution in [0.5, 0.6) is 11.5 Å². The maximum Gasteiger partial charge on any atom is 0.291 e. The third kappa shape index (κ3) is 5.36. The summed E-state index contributed by atoms with van der Waals surface area (Å²) < 4.78 is 48.5. The Hall–Kier alpha value is -3.34. The average molecular weight is 473 g/mol. The molecule has 3 aromatic rings. The second kappa shape index (κ2) is 10.1. The molecule has 2 heterocycles. The number of hydrogen-bond acceptors (Lipinski definition) is 7. The van der Waals surface area contributed by atoms with E-state index >= 15 is 0 Å². The standard InChI is InChI=1S/C23H24N2O7S/c1-29-20-4-2-3-5-21(20)31-16-18-8-11-22(32-18)23(26)24-17-6-9-19(10-7-17)33(27,28)25-12-14-30-15-13-25/h2-11H,12-16H2,1H3,(H,24,26). The molecule has 4 rings (SSSR count). The number of nitrogens with one attached hydrogen (secondary N) is 1. The number of ether oxygens (including phenoxy) is 3. The largest absolute Gasteiger partial charge is 0.493 e. The summed E-state index contributed by atoms with van der Waals surface area (Å²) in [5.74, 6) is 1.29. The van der Waals surface area contributed by atoms with Crippen molar-refractivity contribution in [2.45, 2.75) is 11.5 Å². The van der Waals surface area contributed by atoms with Gasteiger partial charge in [0.25, 0.3) is 5.91 Å². The van der Waals surface area contributed by atoms with Gasteiger partial charge in [0.15, 0.2) is 17.3 Å². The third-order valence-electron chi connectivity index (χ3n) is 5.04. The number of benzene rings is 2. The molecule has 0 radical (unpaired) electrons. The van der Waals surface area contributed by atoms with Gasteiger partial charge in [-0.3, -0.25) is 4.79 Å². The Kier molecular flexibility index (Phi) is 6.97. The fraction of sp³-hybridized carbons (Fsp3) is 0.261. The molecule has 33 heavy (non-hydrogen) atoms. The van der Waals surface area contributed by atoms with Gasteiger partial charge < -0.3 is 23.9 Å². The molecule has 0 spiro atoms. The predicted molar refractivity (Wildman–Crippen MR) is 120 cm³/mol. The molecule has 10 heteroatoms. The van der Waals surface area contributed by atoms with E-state index in [2.05, 4.69) is 5.32 Å². The van der Waals surface area contributed by atoms with Crippen LogP contribution in [0.25, 0.3) is 0 Å². The SMILES string of the molecule is COc1ccccc1OCc1ccc(C(=O)Nc2ccc(S(=O)(=O)N3CCOCC3)cc2)o1. The lowest BCUT2D eigenvalue weighted by atomic mass is 10.3. The van der Waals surface area contributed by atoms with Gasteiger partial charge in [0.2, 0.25) is 10.0 Å². The van der Waals surface area contributed by atoms with Crippen LogP contribution in [0.3, 0.4) is 0 Å². The monoisotopic (exact) mass is 472 g/mol. The number of para-hydroxylation sites is 2. The second-order valence-corrected chi connectivity index (χ2v) is 9.14. The van der Waals surface area contributed by atoms with Gasteiger partial charge in [-0.2, -0.15) is 4.31 Å². The highest BCUT2D eigenvalue weighted by Gasteiger charge is 2.26. The minimum Gasteiger partial charge on any atom is -0.493 e. The van der Waals surface area contributed by atoms with Gasteiger partial charge in [0, 0.05) is 18.8 Å². The van der Waals surface area contributed by atoms with Gasteiger partial charge in [-0.1, -0.05) is 12.1 Å². The average Bonchev–Trinajstić information content (AvgIpc) is 3.33. The minimum absolute atomic E-state index is 0.110. The van der Waals surface area contributed by atoms with Gasteiger partial charge in [0.1, 0.15) is 12.4 Å². The maximum atomic E-state index is 12.7. The van der Waals surface area contributed by atoms with Crippen molar-refractivity contribution in [1.29, 1.82) is 0 Å². The number of rotatable bonds is 8. The summed E-state index contributed by atoms with van der Waals surface area (Å²) in [6, 6.07) is 16.5. The highest BCUT2D eigenvalue weighted by atomic mass is 32.2. The van der Waals surface area contributed by atoms with Gasteiger partial charge >= 0.3 is 0 Å². The van der Waals surface area contributed by atoms with E-state index in [0.29, 0.717) is 49.2 Å². The van der Waals surface area contributed by atoms with Crippen molar-refractivity contribution in [1.82, 2.24) is 4.31 Å². The van der Waals surface area contributed by atoms with Crippen LogP contribution in [0, 0.1) is 0 Å². The van der Waals surface area contributed by atoms with Gasteiger partial charge in [0.05, 0.1) is 25.2 Å². The molecule has 1 saturated heterocycles. The van der Waals surface area contributed by atoms with E-state index in [9.17, 15) is 13.2 Å². The number of amides is 1. The zero-order valence-electron chi connectivity index (χ0n) is 18.0. The molecule has 1 amide bonds. The lowest BCUT2D eigenvalue weighted by molar-refractivity contribution is 0.0730. The van der Waals surface area contributed by atoms with Crippen LogP contribution < -0.4 is 14.8 Å². The van der Waals surface area contributed by atoms with Gasteiger partial charge in [-0.25, -0.2) is 8.42 Å². The third-order valence-corrected chi connectivity index (χ3v) is 6.96. The number of sulfonamides is 1. The van der Waals surface area contributed by atoms with Crippen molar-refractivity contribution in [2.75, 3.05) is 38.7 Å². The van der Waals surface area contributed by atoms with E-state index in [1.807, 2.05) is 12.1 Å². The molecule has 1 N–H and O–H groups in total. The number of nitrogens with zero attached hydrogens (tertiary/aromatic N) is 1. The van der Waals surface area contributed by atoms with E-state index in [1.165, 1.54) is 16.4 Å². The van der Waals surface area contributed by atoms with Crippen LogP contribution in [0.15, 0.2) is 70.0 Å². The van der Waals surface area contributed by atoms with E-state index in [1.54, 1.807) is 43.5 Å². The van der Waals surface area contributed by atoms with E-state index in [0.717, 1.165) is 0 Å². The molecule has 174 valence electrons. The summed E-state index contributed by atoms with van der Waals surface area (Å²) in [5.41, 5.74) is 0.448. The molecule has 1 aliphatic rings. The fourth-order valence-corrected chi connectivity index (χ4v) is 4.71. The number of carbonyl (C=O) groups excluding carboxylic acids is 1. The number of morpholine rings is 1. The number of hydrogen-bond donors (Lipinski definition) is 1. The first-order chi connectivity index (χ1) is 16.0. The Morgan fingerprint density at radius 1 is 1.00 bits per heavy atom. The van der Waals surface area contributed by atoms with Crippen molar-refractivity contribution in [3.05, 3.63) is 72.2 Å². The fourth-order valence-electron chi connectivity index (χ4n) is 3.30. The molecule has 0 atom stereocenters. The van der Waals surface area contributed by atoms with E-state index < -0.39 is 15.9 Å². The number of carbonyl (C=O) groups is 1. The Labute approximate surface area is 191 Å². The molecular weight excluding hydrogens is 448 g/mol. The van der Waals surface area contributed by atoms with Gasteiger partial charge in [-0.15, -0.1) is 0 Å². The van der Waals surface area contributed by atoms with Crippen LogP contribution in [-0.4, -0.2) is 52.0 Å². The van der Waals surface area contributed by atoms with Gasteiger partial charge in [-0.05, 0) is 48.5 Å². The molecular formula is C23H24N2O7S. The lowest BCUT2D eigenvalue weighted by Gasteiger charge is -2.26. The summed E-state index contributed by atoms with van der Waals surface area (Å²) in [4.78, 5) is 12.7. The summed E-state index contributed by atoms with van der Waals surface area (Å²) in [6.07, 6.45) is 0. The Bertz CT molecular complexity index is 1200. The Balaban J connectivity index is 1.36. The van der Waals surface area contributed by atoms with Crippen molar-refractivity contribution in [2.24, 2.45) is 0 Å². The molecule has 0 saturated carbocycles. The zero-order valence-corrected chi connectivity index (χ0v) is 18.8. The Morgan fingerprint density at radius 3 is 2.39 bits per heavy atom. The minimum atomic E-state index is -3.59. The normalized spacial score (nSPS) is 14.6.